The Morgan fingerprint density at radius 3 is 2.45 bits per heavy atom. The highest BCUT2D eigenvalue weighted by Gasteiger charge is 2.59. The van der Waals surface area contributed by atoms with Gasteiger partial charge in [-0.2, -0.15) is 0 Å². The molecule has 1 aliphatic heterocycles. The maximum Gasteiger partial charge on any atom is 0.307 e. The lowest BCUT2D eigenvalue weighted by Gasteiger charge is -2.32. The molecule has 0 bridgehead atoms. The predicted molar refractivity (Wildman–Crippen MR) is 69.3 cm³/mol. The van der Waals surface area contributed by atoms with Crippen LogP contribution in [0.15, 0.2) is 4.52 Å². The summed E-state index contributed by atoms with van der Waals surface area (Å²) in [6.45, 7) is 4.73. The van der Waals surface area contributed by atoms with E-state index in [2.05, 4.69) is 5.16 Å². The number of carbonyl (C=O) groups is 2. The molecule has 6 nitrogen and oxygen atoms in total. The number of carboxylic acids is 1. The first kappa shape index (κ1) is 13.1. The van der Waals surface area contributed by atoms with Gasteiger partial charge in [-0.25, -0.2) is 0 Å². The van der Waals surface area contributed by atoms with Crippen molar-refractivity contribution in [3.05, 3.63) is 17.0 Å². The van der Waals surface area contributed by atoms with Crippen LogP contribution in [0.25, 0.3) is 0 Å². The first-order valence-corrected chi connectivity index (χ1v) is 6.89. The Labute approximate surface area is 116 Å². The van der Waals surface area contributed by atoms with E-state index in [0.29, 0.717) is 30.1 Å². The van der Waals surface area contributed by atoms with Gasteiger partial charge in [-0.15, -0.1) is 0 Å². The molecular formula is C14H18N2O4. The van der Waals surface area contributed by atoms with Gasteiger partial charge < -0.3 is 14.5 Å². The lowest BCUT2D eigenvalue weighted by atomic mass is 9.90. The fraction of sp³-hybridized carbons (Fsp3) is 0.643. The van der Waals surface area contributed by atoms with E-state index in [-0.39, 0.29) is 17.2 Å². The van der Waals surface area contributed by atoms with E-state index in [1.807, 2.05) is 0 Å². The van der Waals surface area contributed by atoms with Crippen LogP contribution in [0, 0.1) is 25.2 Å². The van der Waals surface area contributed by atoms with Crippen LogP contribution in [0.5, 0.6) is 0 Å². The Hall–Kier alpha value is -1.85. The highest BCUT2D eigenvalue weighted by molar-refractivity contribution is 5.96. The Morgan fingerprint density at radius 1 is 1.35 bits per heavy atom. The number of carbonyl (C=O) groups excluding carboxylic acids is 1. The normalized spacial score (nSPS) is 23.9. The molecule has 1 amide bonds. The monoisotopic (exact) mass is 278 g/mol. The Balaban J connectivity index is 1.67. The van der Waals surface area contributed by atoms with Crippen molar-refractivity contribution in [1.29, 1.82) is 0 Å². The van der Waals surface area contributed by atoms with Crippen LogP contribution in [-0.2, 0) is 4.79 Å². The standard InChI is InChI=1S/C14H18N2O4/c1-8-11(9(2)20-15-8)12(17)16-5-3-14(4-6-16)7-10(14)13(18)19/h10H,3-7H2,1-2H3,(H,18,19). The van der Waals surface area contributed by atoms with Crippen molar-refractivity contribution in [3.8, 4) is 0 Å². The van der Waals surface area contributed by atoms with Gasteiger partial charge in [0.2, 0.25) is 0 Å². The Kier molecular flexibility index (Phi) is 2.84. The summed E-state index contributed by atoms with van der Waals surface area (Å²) in [5.74, 6) is -0.416. The smallest absolute Gasteiger partial charge is 0.307 e. The first-order chi connectivity index (χ1) is 9.44. The van der Waals surface area contributed by atoms with Crippen LogP contribution in [0.3, 0.4) is 0 Å². The van der Waals surface area contributed by atoms with E-state index in [1.54, 1.807) is 18.7 Å². The first-order valence-electron chi connectivity index (χ1n) is 6.89. The van der Waals surface area contributed by atoms with Crippen molar-refractivity contribution < 1.29 is 19.2 Å². The maximum absolute atomic E-state index is 12.5. The fourth-order valence-electron chi connectivity index (χ4n) is 3.35. The minimum atomic E-state index is -0.699. The molecule has 0 aromatic carbocycles. The van der Waals surface area contributed by atoms with E-state index in [4.69, 9.17) is 9.63 Å². The van der Waals surface area contributed by atoms with E-state index >= 15 is 0 Å². The van der Waals surface area contributed by atoms with Crippen molar-refractivity contribution in [3.63, 3.8) is 0 Å². The van der Waals surface area contributed by atoms with E-state index in [9.17, 15) is 9.59 Å². The van der Waals surface area contributed by atoms with Crippen LogP contribution in [0.1, 0.15) is 41.1 Å². The molecule has 1 atom stereocenters. The number of nitrogens with zero attached hydrogens (tertiary/aromatic N) is 2. The molecule has 1 unspecified atom stereocenters. The average Bonchev–Trinajstić information content (AvgIpc) is 3.01. The number of aryl methyl sites for hydroxylation is 2. The average molecular weight is 278 g/mol. The SMILES string of the molecule is Cc1noc(C)c1C(=O)N1CCC2(CC1)CC2C(=O)O. The van der Waals surface area contributed by atoms with Crippen LogP contribution in [0.2, 0.25) is 0 Å². The third kappa shape index (κ3) is 1.90. The van der Waals surface area contributed by atoms with Crippen molar-refractivity contribution in [2.45, 2.75) is 33.1 Å². The number of carboxylic acid groups (broad SMARTS) is 1. The molecule has 1 saturated heterocycles. The molecule has 1 spiro atoms. The summed E-state index contributed by atoms with van der Waals surface area (Å²) in [6.07, 6.45) is 2.31. The molecule has 1 saturated carbocycles. The highest BCUT2D eigenvalue weighted by Crippen LogP contribution is 2.59. The summed E-state index contributed by atoms with van der Waals surface area (Å²) in [5.41, 5.74) is 1.11. The van der Waals surface area contributed by atoms with Crippen molar-refractivity contribution in [1.82, 2.24) is 10.1 Å². The predicted octanol–water partition coefficient (Wildman–Crippen LogP) is 1.62. The van der Waals surface area contributed by atoms with Gasteiger partial charge in [-0.05, 0) is 38.5 Å². The molecule has 20 heavy (non-hydrogen) atoms. The molecule has 1 aliphatic carbocycles. The third-order valence-electron chi connectivity index (χ3n) is 4.78. The summed E-state index contributed by atoms with van der Waals surface area (Å²) in [5, 5.41) is 12.9. The van der Waals surface area contributed by atoms with E-state index in [0.717, 1.165) is 19.3 Å². The fourth-order valence-corrected chi connectivity index (χ4v) is 3.35. The van der Waals surface area contributed by atoms with Crippen LogP contribution in [0.4, 0.5) is 0 Å². The molecule has 2 heterocycles. The molecule has 1 aromatic rings. The molecular weight excluding hydrogens is 260 g/mol. The van der Waals surface area contributed by atoms with Gasteiger partial charge in [-0.3, -0.25) is 9.59 Å². The molecule has 2 aliphatic rings. The topological polar surface area (TPSA) is 83.6 Å². The Bertz CT molecular complexity index is 550. The molecule has 3 rings (SSSR count). The Morgan fingerprint density at radius 2 is 2.00 bits per heavy atom. The van der Waals surface area contributed by atoms with Crippen LogP contribution in [-0.4, -0.2) is 40.1 Å². The molecule has 1 N–H and O–H groups in total. The van der Waals surface area contributed by atoms with Crippen molar-refractivity contribution in [2.75, 3.05) is 13.1 Å². The lowest BCUT2D eigenvalue weighted by Crippen LogP contribution is -2.40. The van der Waals surface area contributed by atoms with Crippen LogP contribution < -0.4 is 0 Å². The zero-order valence-corrected chi connectivity index (χ0v) is 11.7. The van der Waals surface area contributed by atoms with Crippen LogP contribution >= 0.6 is 0 Å². The van der Waals surface area contributed by atoms with E-state index in [1.165, 1.54) is 0 Å². The second-order valence-electron chi connectivity index (χ2n) is 5.95. The van der Waals surface area contributed by atoms with Gasteiger partial charge in [0.05, 0.1) is 11.6 Å². The minimum Gasteiger partial charge on any atom is -0.481 e. The second-order valence-corrected chi connectivity index (χ2v) is 5.95. The number of hydrogen-bond acceptors (Lipinski definition) is 4. The maximum atomic E-state index is 12.5. The molecule has 2 fully saturated rings. The number of aromatic nitrogens is 1. The number of likely N-dealkylation sites (tertiary alicyclic amines) is 1. The summed E-state index contributed by atoms with van der Waals surface area (Å²) in [4.78, 5) is 25.3. The van der Waals surface area contributed by atoms with Gasteiger partial charge in [0.1, 0.15) is 11.3 Å². The number of amides is 1. The second kappa shape index (κ2) is 4.33. The number of hydrogen-bond donors (Lipinski definition) is 1. The summed E-state index contributed by atoms with van der Waals surface area (Å²) < 4.78 is 5.03. The number of rotatable bonds is 2. The third-order valence-corrected chi connectivity index (χ3v) is 4.78. The van der Waals surface area contributed by atoms with Crippen molar-refractivity contribution in [2.24, 2.45) is 11.3 Å². The largest absolute Gasteiger partial charge is 0.481 e. The van der Waals surface area contributed by atoms with Gasteiger partial charge in [0, 0.05) is 13.1 Å². The molecule has 1 aromatic heterocycles. The van der Waals surface area contributed by atoms with Crippen molar-refractivity contribution >= 4 is 11.9 Å². The highest BCUT2D eigenvalue weighted by atomic mass is 16.5. The van der Waals surface area contributed by atoms with Gasteiger partial charge in [0.25, 0.3) is 5.91 Å². The van der Waals surface area contributed by atoms with Gasteiger partial charge in [0.15, 0.2) is 0 Å². The van der Waals surface area contributed by atoms with Gasteiger partial charge in [-0.1, -0.05) is 5.16 Å². The zero-order valence-electron chi connectivity index (χ0n) is 11.7. The quantitative estimate of drug-likeness (QED) is 0.888. The summed E-state index contributed by atoms with van der Waals surface area (Å²) in [7, 11) is 0. The molecule has 108 valence electrons. The summed E-state index contributed by atoms with van der Waals surface area (Å²) in [6, 6.07) is 0. The molecule has 0 radical (unpaired) electrons. The zero-order chi connectivity index (χ0) is 14.5. The minimum absolute atomic E-state index is 0.0522. The summed E-state index contributed by atoms with van der Waals surface area (Å²) >= 11 is 0. The molecule has 6 heteroatoms. The number of aliphatic carboxylic acids is 1. The lowest BCUT2D eigenvalue weighted by molar-refractivity contribution is -0.139. The van der Waals surface area contributed by atoms with E-state index < -0.39 is 5.97 Å². The number of piperidine rings is 1. The van der Waals surface area contributed by atoms with Gasteiger partial charge >= 0.3 is 5.97 Å².